The fraction of sp³-hybridized carbons (Fsp3) is 0.500. The van der Waals surface area contributed by atoms with Crippen molar-refractivity contribution in [3.05, 3.63) is 35.6 Å². The summed E-state index contributed by atoms with van der Waals surface area (Å²) in [4.78, 5) is 28.1. The lowest BCUT2D eigenvalue weighted by molar-refractivity contribution is -0.124. The highest BCUT2D eigenvalue weighted by atomic mass is 16.2. The second-order valence-electron chi connectivity index (χ2n) is 7.87. The normalized spacial score (nSPS) is 23.6. The van der Waals surface area contributed by atoms with Crippen molar-refractivity contribution < 1.29 is 9.59 Å². The molecule has 0 fully saturated rings. The summed E-state index contributed by atoms with van der Waals surface area (Å²) in [5, 5.41) is 2.86. The van der Waals surface area contributed by atoms with Crippen LogP contribution in [-0.2, 0) is 9.59 Å². The monoisotopic (exact) mass is 300 g/mol. The first-order chi connectivity index (χ1) is 9.98. The zero-order valence-electron chi connectivity index (χ0n) is 14.2. The van der Waals surface area contributed by atoms with Crippen LogP contribution in [-0.4, -0.2) is 17.5 Å². The molecular weight excluding hydrogens is 276 g/mol. The van der Waals surface area contributed by atoms with Crippen molar-refractivity contribution >= 4 is 17.5 Å². The summed E-state index contributed by atoms with van der Waals surface area (Å²) in [7, 11) is 0. The molecule has 0 aromatic carbocycles. The first kappa shape index (κ1) is 16.4. The number of amides is 2. The third kappa shape index (κ3) is 3.43. The lowest BCUT2D eigenvalue weighted by Crippen LogP contribution is -2.36. The molecule has 0 bridgehead atoms. The largest absolute Gasteiger partial charge is 0.325 e. The summed E-state index contributed by atoms with van der Waals surface area (Å²) in [6.45, 7) is 11.8. The molecule has 1 N–H and O–H groups in total. The Bertz CT molecular complexity index is 635. The molecule has 1 atom stereocenters. The number of allylic oxidation sites excluding steroid dienone is 3. The number of nitrogens with one attached hydrogen (secondary N) is 1. The standard InChI is InChI=1S/C18H24N2O2/c1-17(2,3)13-10-15(21)20-14-9-11(7-8-12(13)14)19-16(22)18(4,5)6/h7-10,12H,1-6H3,(H,20,21). The highest BCUT2D eigenvalue weighted by Crippen LogP contribution is 2.38. The molecular formula is C18H24N2O2. The van der Waals surface area contributed by atoms with Crippen LogP contribution in [0.25, 0.3) is 0 Å². The van der Waals surface area contributed by atoms with Gasteiger partial charge in [0.2, 0.25) is 5.91 Å². The minimum absolute atomic E-state index is 0.0430. The summed E-state index contributed by atoms with van der Waals surface area (Å²) in [6, 6.07) is 0. The van der Waals surface area contributed by atoms with Crippen molar-refractivity contribution in [2.45, 2.75) is 41.5 Å². The van der Waals surface area contributed by atoms with Crippen LogP contribution in [0.2, 0.25) is 0 Å². The van der Waals surface area contributed by atoms with Crippen LogP contribution in [0.5, 0.6) is 0 Å². The molecule has 4 heteroatoms. The Hall–Kier alpha value is -1.97. The third-order valence-corrected chi connectivity index (χ3v) is 3.73. The number of nitrogens with zero attached hydrogens (tertiary/aromatic N) is 1. The molecule has 22 heavy (non-hydrogen) atoms. The molecule has 0 spiro atoms. The van der Waals surface area contributed by atoms with Gasteiger partial charge in [-0.3, -0.25) is 9.59 Å². The second-order valence-corrected chi connectivity index (χ2v) is 7.87. The van der Waals surface area contributed by atoms with E-state index in [1.54, 1.807) is 12.2 Å². The maximum absolute atomic E-state index is 12.0. The van der Waals surface area contributed by atoms with Crippen LogP contribution in [0.1, 0.15) is 41.5 Å². The van der Waals surface area contributed by atoms with Crippen LogP contribution in [0.15, 0.2) is 40.6 Å². The summed E-state index contributed by atoms with van der Waals surface area (Å²) in [5.41, 5.74) is 1.84. The molecule has 0 aromatic heterocycles. The second kappa shape index (κ2) is 5.34. The molecule has 0 saturated carbocycles. The van der Waals surface area contributed by atoms with Gasteiger partial charge in [-0.05, 0) is 23.1 Å². The van der Waals surface area contributed by atoms with E-state index in [2.05, 4.69) is 31.1 Å². The maximum atomic E-state index is 12.0. The Morgan fingerprint density at radius 2 is 1.77 bits per heavy atom. The van der Waals surface area contributed by atoms with E-state index in [1.807, 2.05) is 32.9 Å². The van der Waals surface area contributed by atoms with Crippen molar-refractivity contribution in [2.75, 3.05) is 0 Å². The van der Waals surface area contributed by atoms with Gasteiger partial charge in [-0.25, -0.2) is 4.99 Å². The van der Waals surface area contributed by atoms with Gasteiger partial charge in [0.15, 0.2) is 0 Å². The Morgan fingerprint density at radius 1 is 1.14 bits per heavy atom. The number of rotatable bonds is 0. The number of aliphatic imine (C=N–C) groups is 1. The average Bonchev–Trinajstić information content (AvgIpc) is 2.35. The first-order valence-electron chi connectivity index (χ1n) is 7.54. The van der Waals surface area contributed by atoms with Crippen molar-refractivity contribution in [1.29, 1.82) is 0 Å². The summed E-state index contributed by atoms with van der Waals surface area (Å²) in [5.74, 6) is -0.248. The Balaban J connectivity index is 2.36. The number of fused-ring (bicyclic) bond motifs is 1. The molecule has 1 heterocycles. The van der Waals surface area contributed by atoms with E-state index in [1.165, 1.54) is 0 Å². The minimum Gasteiger partial charge on any atom is -0.325 e. The number of carbonyl (C=O) groups is 2. The van der Waals surface area contributed by atoms with Gasteiger partial charge in [0, 0.05) is 23.1 Å². The third-order valence-electron chi connectivity index (χ3n) is 3.73. The van der Waals surface area contributed by atoms with Crippen molar-refractivity contribution in [3.8, 4) is 0 Å². The molecule has 2 rings (SSSR count). The smallest absolute Gasteiger partial charge is 0.251 e. The lowest BCUT2D eigenvalue weighted by atomic mass is 9.74. The Labute approximate surface area is 132 Å². The van der Waals surface area contributed by atoms with Gasteiger partial charge in [-0.2, -0.15) is 0 Å². The van der Waals surface area contributed by atoms with Gasteiger partial charge in [-0.1, -0.05) is 47.6 Å². The maximum Gasteiger partial charge on any atom is 0.251 e. The van der Waals surface area contributed by atoms with E-state index in [4.69, 9.17) is 0 Å². The predicted octanol–water partition coefficient (Wildman–Crippen LogP) is 3.17. The molecule has 118 valence electrons. The van der Waals surface area contributed by atoms with Gasteiger partial charge in [-0.15, -0.1) is 0 Å². The van der Waals surface area contributed by atoms with E-state index >= 15 is 0 Å². The van der Waals surface area contributed by atoms with E-state index in [0.717, 1.165) is 11.3 Å². The fourth-order valence-corrected chi connectivity index (χ4v) is 2.43. The summed E-state index contributed by atoms with van der Waals surface area (Å²) in [6.07, 6.45) is 7.33. The highest BCUT2D eigenvalue weighted by molar-refractivity contribution is 6.11. The van der Waals surface area contributed by atoms with Gasteiger partial charge in [0.1, 0.15) is 0 Å². The van der Waals surface area contributed by atoms with E-state index < -0.39 is 5.41 Å². The molecule has 1 unspecified atom stereocenters. The molecule has 1 aliphatic heterocycles. The van der Waals surface area contributed by atoms with Gasteiger partial charge >= 0.3 is 0 Å². The number of hydrogen-bond donors (Lipinski definition) is 1. The van der Waals surface area contributed by atoms with Gasteiger partial charge in [0.25, 0.3) is 5.91 Å². The quantitative estimate of drug-likeness (QED) is 0.747. The zero-order chi connectivity index (χ0) is 16.7. The molecule has 2 aliphatic rings. The van der Waals surface area contributed by atoms with Crippen LogP contribution >= 0.6 is 0 Å². The van der Waals surface area contributed by atoms with Crippen molar-refractivity contribution in [3.63, 3.8) is 0 Å². The predicted molar refractivity (Wildman–Crippen MR) is 88.3 cm³/mol. The van der Waals surface area contributed by atoms with Crippen LogP contribution in [0.4, 0.5) is 0 Å². The topological polar surface area (TPSA) is 58.5 Å². The van der Waals surface area contributed by atoms with Crippen molar-refractivity contribution in [2.24, 2.45) is 21.7 Å². The molecule has 2 amide bonds. The first-order valence-corrected chi connectivity index (χ1v) is 7.54. The molecule has 0 aromatic rings. The molecule has 0 radical (unpaired) electrons. The van der Waals surface area contributed by atoms with Gasteiger partial charge < -0.3 is 5.32 Å². The molecule has 4 nitrogen and oxygen atoms in total. The molecule has 1 aliphatic carbocycles. The SMILES string of the molecule is CC(C)(C)C(=O)N=C1C=CC2C(=C1)NC(=O)C=C2C(C)(C)C. The lowest BCUT2D eigenvalue weighted by Gasteiger charge is -2.34. The van der Waals surface area contributed by atoms with Crippen LogP contribution in [0.3, 0.4) is 0 Å². The van der Waals surface area contributed by atoms with E-state index in [9.17, 15) is 9.59 Å². The number of hydrogen-bond acceptors (Lipinski definition) is 2. The number of carbonyl (C=O) groups excluding carboxylic acids is 2. The Morgan fingerprint density at radius 3 is 2.32 bits per heavy atom. The van der Waals surface area contributed by atoms with E-state index in [-0.39, 0.29) is 23.1 Å². The Kier molecular flexibility index (Phi) is 3.98. The fourth-order valence-electron chi connectivity index (χ4n) is 2.43. The van der Waals surface area contributed by atoms with Crippen LogP contribution in [0, 0.1) is 16.7 Å². The van der Waals surface area contributed by atoms with Crippen molar-refractivity contribution in [1.82, 2.24) is 5.32 Å². The summed E-state index contributed by atoms with van der Waals surface area (Å²) < 4.78 is 0. The minimum atomic E-state index is -0.511. The summed E-state index contributed by atoms with van der Waals surface area (Å²) >= 11 is 0. The van der Waals surface area contributed by atoms with Gasteiger partial charge in [0.05, 0.1) is 5.71 Å². The van der Waals surface area contributed by atoms with Crippen LogP contribution < -0.4 is 5.32 Å². The molecule has 0 saturated heterocycles. The van der Waals surface area contributed by atoms with E-state index in [0.29, 0.717) is 5.71 Å². The highest BCUT2D eigenvalue weighted by Gasteiger charge is 2.33. The zero-order valence-corrected chi connectivity index (χ0v) is 14.2. The average molecular weight is 300 g/mol.